The summed E-state index contributed by atoms with van der Waals surface area (Å²) in [5.74, 6) is -1.40. The summed E-state index contributed by atoms with van der Waals surface area (Å²) in [6, 6.07) is 4.45. The van der Waals surface area contributed by atoms with Gasteiger partial charge < -0.3 is 5.11 Å². The van der Waals surface area contributed by atoms with Gasteiger partial charge in [-0.05, 0) is 34.1 Å². The first-order valence-electron chi connectivity index (χ1n) is 4.96. The Balaban J connectivity index is 2.38. The largest absolute Gasteiger partial charge is 0.476 e. The molecule has 2 rings (SSSR count). The molecule has 10 heteroatoms. The lowest BCUT2D eigenvalue weighted by Crippen LogP contribution is -2.15. The summed E-state index contributed by atoms with van der Waals surface area (Å²) in [4.78, 5) is 14.4. The lowest BCUT2D eigenvalue weighted by Gasteiger charge is -2.07. The number of carboxylic acids is 1. The Hall–Kier alpha value is -1.16. The molecule has 6 nitrogen and oxygen atoms in total. The molecular weight excluding hydrogens is 392 g/mol. The number of thiazole rings is 1. The minimum atomic E-state index is -4.01. The molecule has 0 amide bonds. The van der Waals surface area contributed by atoms with Crippen LogP contribution in [0.4, 0.5) is 5.69 Å². The number of nitrogens with one attached hydrogen (secondary N) is 1. The number of aromatic nitrogens is 1. The third-order valence-electron chi connectivity index (χ3n) is 2.15. The molecule has 0 aliphatic heterocycles. The van der Waals surface area contributed by atoms with E-state index in [9.17, 15) is 13.2 Å². The van der Waals surface area contributed by atoms with Crippen molar-refractivity contribution >= 4 is 60.5 Å². The molecule has 0 saturated heterocycles. The van der Waals surface area contributed by atoms with Crippen molar-refractivity contribution in [1.82, 2.24) is 4.98 Å². The zero-order valence-electron chi connectivity index (χ0n) is 9.50. The predicted molar refractivity (Wildman–Crippen MR) is 79.0 cm³/mol. The van der Waals surface area contributed by atoms with Crippen LogP contribution in [0.2, 0.25) is 5.02 Å². The average molecular weight is 398 g/mol. The average Bonchev–Trinajstić information content (AvgIpc) is 2.83. The van der Waals surface area contributed by atoms with Crippen molar-refractivity contribution in [3.05, 3.63) is 38.9 Å². The molecule has 0 atom stereocenters. The Bertz CT molecular complexity index is 775. The van der Waals surface area contributed by atoms with E-state index in [1.807, 2.05) is 0 Å². The van der Waals surface area contributed by atoms with Gasteiger partial charge in [0, 0.05) is 4.47 Å². The van der Waals surface area contributed by atoms with Crippen LogP contribution in [-0.4, -0.2) is 24.5 Å². The topological polar surface area (TPSA) is 96.4 Å². The van der Waals surface area contributed by atoms with Crippen molar-refractivity contribution in [2.24, 2.45) is 0 Å². The highest BCUT2D eigenvalue weighted by atomic mass is 79.9. The SMILES string of the molecule is O=C(O)c1ncsc1S(=O)(=O)Nc1ccc(Cl)c(Br)c1. The number of nitrogens with zero attached hydrogens (tertiary/aromatic N) is 1. The molecule has 1 heterocycles. The van der Waals surface area contributed by atoms with E-state index < -0.39 is 21.7 Å². The van der Waals surface area contributed by atoms with E-state index in [2.05, 4.69) is 25.6 Å². The summed E-state index contributed by atoms with van der Waals surface area (Å²) in [7, 11) is -4.01. The van der Waals surface area contributed by atoms with E-state index in [0.717, 1.165) is 16.8 Å². The van der Waals surface area contributed by atoms with Crippen LogP contribution >= 0.6 is 38.9 Å². The van der Waals surface area contributed by atoms with Crippen LogP contribution in [0.1, 0.15) is 10.5 Å². The normalized spacial score (nSPS) is 11.3. The van der Waals surface area contributed by atoms with Crippen molar-refractivity contribution in [3.63, 3.8) is 0 Å². The molecule has 0 spiro atoms. The minimum Gasteiger partial charge on any atom is -0.476 e. The van der Waals surface area contributed by atoms with Gasteiger partial charge in [0.1, 0.15) is 0 Å². The Morgan fingerprint density at radius 2 is 2.15 bits per heavy atom. The molecule has 0 fully saturated rings. The van der Waals surface area contributed by atoms with Crippen LogP contribution in [0.15, 0.2) is 32.4 Å². The molecule has 20 heavy (non-hydrogen) atoms. The molecular formula is C10H6BrClN2O4S2. The van der Waals surface area contributed by atoms with Crippen LogP contribution in [0.25, 0.3) is 0 Å². The number of sulfonamides is 1. The quantitative estimate of drug-likeness (QED) is 0.826. The van der Waals surface area contributed by atoms with Gasteiger partial charge in [0.25, 0.3) is 10.0 Å². The summed E-state index contributed by atoms with van der Waals surface area (Å²) in [5.41, 5.74) is 0.914. The number of hydrogen-bond acceptors (Lipinski definition) is 5. The summed E-state index contributed by atoms with van der Waals surface area (Å²) in [5, 5.41) is 9.32. The molecule has 2 N–H and O–H groups in total. The Labute approximate surface area is 131 Å². The van der Waals surface area contributed by atoms with Gasteiger partial charge in [-0.2, -0.15) is 0 Å². The zero-order valence-corrected chi connectivity index (χ0v) is 13.5. The number of anilines is 1. The van der Waals surface area contributed by atoms with Crippen molar-refractivity contribution in [3.8, 4) is 0 Å². The Kier molecular flexibility index (Phi) is 4.33. The number of halogens is 2. The molecule has 2 aromatic rings. The van der Waals surface area contributed by atoms with Gasteiger partial charge >= 0.3 is 5.97 Å². The summed E-state index contributed by atoms with van der Waals surface area (Å²) in [6.45, 7) is 0. The van der Waals surface area contributed by atoms with Crippen LogP contribution in [-0.2, 0) is 10.0 Å². The number of rotatable bonds is 4. The van der Waals surface area contributed by atoms with E-state index in [-0.39, 0.29) is 9.90 Å². The fraction of sp³-hybridized carbons (Fsp3) is 0. The second kappa shape index (κ2) is 5.68. The van der Waals surface area contributed by atoms with Crippen LogP contribution in [0.3, 0.4) is 0 Å². The van der Waals surface area contributed by atoms with E-state index >= 15 is 0 Å². The number of hydrogen-bond donors (Lipinski definition) is 2. The lowest BCUT2D eigenvalue weighted by molar-refractivity contribution is 0.0687. The molecule has 0 unspecified atom stereocenters. The van der Waals surface area contributed by atoms with E-state index in [1.54, 1.807) is 0 Å². The molecule has 0 aliphatic carbocycles. The fourth-order valence-electron chi connectivity index (χ4n) is 1.33. The van der Waals surface area contributed by atoms with Crippen molar-refractivity contribution < 1.29 is 18.3 Å². The molecule has 0 aliphatic rings. The minimum absolute atomic E-state index is 0.256. The molecule has 1 aromatic carbocycles. The predicted octanol–water partition coefficient (Wildman–Crippen LogP) is 3.06. The van der Waals surface area contributed by atoms with E-state index in [0.29, 0.717) is 9.50 Å². The third-order valence-corrected chi connectivity index (χ3v) is 6.12. The maximum Gasteiger partial charge on any atom is 0.356 e. The van der Waals surface area contributed by atoms with Gasteiger partial charge in [-0.3, -0.25) is 4.72 Å². The molecule has 0 saturated carbocycles. The summed E-state index contributed by atoms with van der Waals surface area (Å²) < 4.78 is 26.7. The Morgan fingerprint density at radius 3 is 2.75 bits per heavy atom. The lowest BCUT2D eigenvalue weighted by atomic mass is 10.3. The van der Waals surface area contributed by atoms with Crippen LogP contribution in [0.5, 0.6) is 0 Å². The summed E-state index contributed by atoms with van der Waals surface area (Å²) >= 11 is 9.71. The maximum absolute atomic E-state index is 12.1. The van der Waals surface area contributed by atoms with Crippen molar-refractivity contribution in [2.45, 2.75) is 4.21 Å². The highest BCUT2D eigenvalue weighted by molar-refractivity contribution is 9.10. The van der Waals surface area contributed by atoms with Gasteiger partial charge in [-0.15, -0.1) is 11.3 Å². The number of benzene rings is 1. The standard InChI is InChI=1S/C10H6BrClN2O4S2/c11-6-3-5(1-2-7(6)12)14-20(17,18)10-8(9(15)16)13-4-19-10/h1-4,14H,(H,15,16). The highest BCUT2D eigenvalue weighted by Crippen LogP contribution is 2.28. The maximum atomic E-state index is 12.1. The van der Waals surface area contributed by atoms with Crippen molar-refractivity contribution in [2.75, 3.05) is 4.72 Å². The van der Waals surface area contributed by atoms with Gasteiger partial charge in [-0.25, -0.2) is 18.2 Å². The summed E-state index contributed by atoms with van der Waals surface area (Å²) in [6.07, 6.45) is 0. The zero-order chi connectivity index (χ0) is 14.9. The van der Waals surface area contributed by atoms with Gasteiger partial charge in [0.15, 0.2) is 9.90 Å². The van der Waals surface area contributed by atoms with Gasteiger partial charge in [-0.1, -0.05) is 11.6 Å². The second-order valence-corrected chi connectivity index (χ2v) is 7.52. The van der Waals surface area contributed by atoms with Crippen LogP contribution < -0.4 is 4.72 Å². The smallest absolute Gasteiger partial charge is 0.356 e. The molecule has 106 valence electrons. The number of carboxylic acid groups (broad SMARTS) is 1. The fourth-order valence-corrected chi connectivity index (χ4v) is 4.02. The Morgan fingerprint density at radius 1 is 1.45 bits per heavy atom. The molecule has 0 radical (unpaired) electrons. The van der Waals surface area contributed by atoms with Crippen LogP contribution in [0, 0.1) is 0 Å². The number of aromatic carboxylic acids is 1. The van der Waals surface area contributed by atoms with Crippen molar-refractivity contribution in [1.29, 1.82) is 0 Å². The first-order valence-corrected chi connectivity index (χ1v) is 8.49. The molecule has 0 bridgehead atoms. The second-order valence-electron chi connectivity index (χ2n) is 3.53. The first-order chi connectivity index (χ1) is 9.31. The van der Waals surface area contributed by atoms with Gasteiger partial charge in [0.2, 0.25) is 0 Å². The monoisotopic (exact) mass is 396 g/mol. The van der Waals surface area contributed by atoms with E-state index in [1.165, 1.54) is 18.2 Å². The highest BCUT2D eigenvalue weighted by Gasteiger charge is 2.25. The third kappa shape index (κ3) is 3.11. The van der Waals surface area contributed by atoms with E-state index in [4.69, 9.17) is 16.7 Å². The number of carbonyl (C=O) groups is 1. The van der Waals surface area contributed by atoms with Gasteiger partial charge in [0.05, 0.1) is 16.2 Å². The molecule has 1 aromatic heterocycles. The first kappa shape index (κ1) is 15.2.